The molecule has 1 rings (SSSR count). The van der Waals surface area contributed by atoms with E-state index in [1.807, 2.05) is 6.92 Å². The van der Waals surface area contributed by atoms with E-state index in [2.05, 4.69) is 11.3 Å². The molecule has 0 fully saturated rings. The molecule has 0 aliphatic carbocycles. The highest BCUT2D eigenvalue weighted by Crippen LogP contribution is 2.17. The van der Waals surface area contributed by atoms with Gasteiger partial charge in [0.1, 0.15) is 5.75 Å². The predicted molar refractivity (Wildman–Crippen MR) is 83.1 cm³/mol. The highest BCUT2D eigenvalue weighted by atomic mass is 16.7. The maximum absolute atomic E-state index is 11.2. The van der Waals surface area contributed by atoms with E-state index in [9.17, 15) is 9.59 Å². The Labute approximate surface area is 130 Å². The summed E-state index contributed by atoms with van der Waals surface area (Å²) in [6, 6.07) is 7.04. The van der Waals surface area contributed by atoms with Gasteiger partial charge in [-0.3, -0.25) is 0 Å². The zero-order valence-corrected chi connectivity index (χ0v) is 12.8. The van der Waals surface area contributed by atoms with E-state index >= 15 is 0 Å². The molecular formula is C17H20O5. The first-order valence-electron chi connectivity index (χ1n) is 6.94. The molecule has 22 heavy (non-hydrogen) atoms. The molecule has 1 unspecified atom stereocenters. The van der Waals surface area contributed by atoms with Crippen LogP contribution in [0, 0.1) is 0 Å². The molecule has 1 atom stereocenters. The normalized spacial score (nSPS) is 11.7. The van der Waals surface area contributed by atoms with Gasteiger partial charge in [-0.25, -0.2) is 9.59 Å². The van der Waals surface area contributed by atoms with Gasteiger partial charge >= 0.3 is 11.9 Å². The second-order valence-corrected chi connectivity index (χ2v) is 4.40. The van der Waals surface area contributed by atoms with Gasteiger partial charge in [0, 0.05) is 18.6 Å². The molecule has 0 spiro atoms. The van der Waals surface area contributed by atoms with Crippen molar-refractivity contribution in [3.63, 3.8) is 0 Å². The van der Waals surface area contributed by atoms with Crippen molar-refractivity contribution in [2.24, 2.45) is 0 Å². The molecule has 0 heterocycles. The van der Waals surface area contributed by atoms with Gasteiger partial charge in [-0.2, -0.15) is 0 Å². The van der Waals surface area contributed by atoms with E-state index in [4.69, 9.17) is 9.47 Å². The Morgan fingerprint density at radius 2 is 1.91 bits per heavy atom. The molecule has 0 radical (unpaired) electrons. The average Bonchev–Trinajstić information content (AvgIpc) is 2.53. The highest BCUT2D eigenvalue weighted by Gasteiger charge is 2.13. The van der Waals surface area contributed by atoms with E-state index in [1.54, 1.807) is 30.3 Å². The molecule has 0 aliphatic rings. The van der Waals surface area contributed by atoms with Gasteiger partial charge in [-0.15, -0.1) is 0 Å². The lowest BCUT2D eigenvalue weighted by atomic mass is 10.2. The lowest BCUT2D eigenvalue weighted by molar-refractivity contribution is -0.158. The molecule has 5 heteroatoms. The number of benzene rings is 1. The summed E-state index contributed by atoms with van der Waals surface area (Å²) >= 11 is 0. The Morgan fingerprint density at radius 1 is 1.23 bits per heavy atom. The van der Waals surface area contributed by atoms with Crippen molar-refractivity contribution in [2.45, 2.75) is 26.1 Å². The summed E-state index contributed by atoms with van der Waals surface area (Å²) in [7, 11) is 1.32. The Balaban J connectivity index is 2.67. The molecule has 5 nitrogen and oxygen atoms in total. The van der Waals surface area contributed by atoms with E-state index in [-0.39, 0.29) is 0 Å². The topological polar surface area (TPSA) is 61.8 Å². The summed E-state index contributed by atoms with van der Waals surface area (Å²) in [6.07, 6.45) is 4.83. The second kappa shape index (κ2) is 9.39. The van der Waals surface area contributed by atoms with E-state index in [0.29, 0.717) is 12.2 Å². The van der Waals surface area contributed by atoms with Crippen LogP contribution in [0.5, 0.6) is 5.75 Å². The van der Waals surface area contributed by atoms with Crippen molar-refractivity contribution < 1.29 is 23.8 Å². The minimum absolute atomic E-state index is 0.417. The largest absolute Gasteiger partial charge is 0.466 e. The van der Waals surface area contributed by atoms with Crippen LogP contribution in [-0.4, -0.2) is 25.3 Å². The average molecular weight is 304 g/mol. The Morgan fingerprint density at radius 3 is 2.45 bits per heavy atom. The van der Waals surface area contributed by atoms with Crippen LogP contribution >= 0.6 is 0 Å². The zero-order chi connectivity index (χ0) is 16.4. The van der Waals surface area contributed by atoms with Crippen LogP contribution in [0.3, 0.4) is 0 Å². The molecule has 0 amide bonds. The van der Waals surface area contributed by atoms with Crippen molar-refractivity contribution >= 4 is 18.0 Å². The number of ether oxygens (including phenoxy) is 3. The van der Waals surface area contributed by atoms with Crippen LogP contribution in [-0.2, 0) is 19.1 Å². The molecule has 0 saturated carbocycles. The first-order valence-corrected chi connectivity index (χ1v) is 6.94. The van der Waals surface area contributed by atoms with Crippen LogP contribution in [0.1, 0.15) is 25.3 Å². The molecule has 0 aliphatic heterocycles. The number of esters is 2. The summed E-state index contributed by atoms with van der Waals surface area (Å²) in [5, 5.41) is 0. The van der Waals surface area contributed by atoms with E-state index < -0.39 is 18.2 Å². The van der Waals surface area contributed by atoms with Gasteiger partial charge in [-0.05, 0) is 30.2 Å². The van der Waals surface area contributed by atoms with Crippen molar-refractivity contribution in [1.29, 1.82) is 0 Å². The van der Waals surface area contributed by atoms with Crippen LogP contribution in [0.15, 0.2) is 43.0 Å². The minimum Gasteiger partial charge on any atom is -0.466 e. The molecule has 118 valence electrons. The number of carbonyl (C=O) groups excluding carboxylic acids is 2. The van der Waals surface area contributed by atoms with Crippen molar-refractivity contribution in [3.8, 4) is 5.75 Å². The third-order valence-corrected chi connectivity index (χ3v) is 2.70. The van der Waals surface area contributed by atoms with Crippen LogP contribution < -0.4 is 4.74 Å². The third kappa shape index (κ3) is 6.26. The van der Waals surface area contributed by atoms with Crippen LogP contribution in [0.25, 0.3) is 6.08 Å². The number of hydrogen-bond acceptors (Lipinski definition) is 5. The summed E-state index contributed by atoms with van der Waals surface area (Å²) in [4.78, 5) is 22.3. The van der Waals surface area contributed by atoms with Gasteiger partial charge < -0.3 is 14.2 Å². The summed E-state index contributed by atoms with van der Waals surface area (Å²) in [5.41, 5.74) is 0.827. The fraction of sp³-hybridized carbons (Fsp3) is 0.294. The van der Waals surface area contributed by atoms with Crippen molar-refractivity contribution in [3.05, 3.63) is 48.6 Å². The fourth-order valence-corrected chi connectivity index (χ4v) is 1.60. The number of rotatable bonds is 8. The Bertz CT molecular complexity index is 530. The Hall–Kier alpha value is -2.56. The molecule has 0 N–H and O–H groups in total. The summed E-state index contributed by atoms with van der Waals surface area (Å²) in [5.74, 6) is -0.360. The molecule has 0 aromatic heterocycles. The lowest BCUT2D eigenvalue weighted by Crippen LogP contribution is -2.23. The number of carbonyl (C=O) groups is 2. The standard InChI is InChI=1S/C17H20O5/c1-4-6-17(22-15(18)5-2)21-14-10-7-13(8-11-14)9-12-16(19)20-3/h5,7-12,17H,2,4,6H2,1,3H3. The Kier molecular flexibility index (Phi) is 7.47. The fourth-order valence-electron chi connectivity index (χ4n) is 1.60. The molecule has 1 aromatic rings. The zero-order valence-electron chi connectivity index (χ0n) is 12.8. The maximum atomic E-state index is 11.2. The molecule has 1 aromatic carbocycles. The van der Waals surface area contributed by atoms with Gasteiger partial charge in [-0.1, -0.05) is 25.6 Å². The van der Waals surface area contributed by atoms with Gasteiger partial charge in [0.2, 0.25) is 6.29 Å². The third-order valence-electron chi connectivity index (χ3n) is 2.70. The molecule has 0 bridgehead atoms. The van der Waals surface area contributed by atoms with E-state index in [1.165, 1.54) is 13.2 Å². The SMILES string of the molecule is C=CC(=O)OC(CCC)Oc1ccc(C=CC(=O)OC)cc1. The van der Waals surface area contributed by atoms with Crippen LogP contribution in [0.4, 0.5) is 0 Å². The highest BCUT2D eigenvalue weighted by molar-refractivity contribution is 5.86. The lowest BCUT2D eigenvalue weighted by Gasteiger charge is -2.18. The van der Waals surface area contributed by atoms with Gasteiger partial charge in [0.05, 0.1) is 7.11 Å². The summed E-state index contributed by atoms with van der Waals surface area (Å²) in [6.45, 7) is 5.33. The van der Waals surface area contributed by atoms with Gasteiger partial charge in [0.25, 0.3) is 0 Å². The smallest absolute Gasteiger partial charge is 0.333 e. The van der Waals surface area contributed by atoms with Crippen molar-refractivity contribution in [1.82, 2.24) is 0 Å². The summed E-state index contributed by atoms with van der Waals surface area (Å²) < 4.78 is 15.3. The van der Waals surface area contributed by atoms with Crippen molar-refractivity contribution in [2.75, 3.05) is 7.11 Å². The van der Waals surface area contributed by atoms with Crippen LogP contribution in [0.2, 0.25) is 0 Å². The first kappa shape index (κ1) is 17.5. The quantitative estimate of drug-likeness (QED) is 0.419. The number of hydrogen-bond donors (Lipinski definition) is 0. The minimum atomic E-state index is -0.646. The predicted octanol–water partition coefficient (Wildman–Crippen LogP) is 3.11. The van der Waals surface area contributed by atoms with E-state index in [0.717, 1.165) is 18.1 Å². The van der Waals surface area contributed by atoms with Gasteiger partial charge in [0.15, 0.2) is 0 Å². The second-order valence-electron chi connectivity index (χ2n) is 4.40. The molecule has 0 saturated heterocycles. The molecular weight excluding hydrogens is 284 g/mol. The first-order chi connectivity index (χ1) is 10.6. The maximum Gasteiger partial charge on any atom is 0.333 e. The monoisotopic (exact) mass is 304 g/mol. The number of methoxy groups -OCH3 is 1.